The Morgan fingerprint density at radius 3 is 2.83 bits per heavy atom. The Balaban J connectivity index is 2.06. The summed E-state index contributed by atoms with van der Waals surface area (Å²) in [6.45, 7) is 1.96. The lowest BCUT2D eigenvalue weighted by Crippen LogP contribution is -2.40. The van der Waals surface area contributed by atoms with E-state index in [9.17, 15) is 10.0 Å². The zero-order chi connectivity index (χ0) is 12.7. The van der Waals surface area contributed by atoms with Crippen LogP contribution in [0.1, 0.15) is 27.0 Å². The summed E-state index contributed by atoms with van der Waals surface area (Å²) in [4.78, 5) is 13.0. The smallest absolute Gasteiger partial charge is 0.281 e. The van der Waals surface area contributed by atoms with Crippen LogP contribution in [0.3, 0.4) is 0 Å². The SMILES string of the molecule is Cc1ccsc1[C@@H]1Nc2ccccc2C(=O)N1O. The molecule has 4 nitrogen and oxygen atoms in total. The van der Waals surface area contributed by atoms with E-state index in [1.54, 1.807) is 12.1 Å². The molecule has 3 rings (SSSR count). The summed E-state index contributed by atoms with van der Waals surface area (Å²) >= 11 is 1.52. The predicted octanol–water partition coefficient (Wildman–Crippen LogP) is 3.01. The van der Waals surface area contributed by atoms with Crippen molar-refractivity contribution in [1.82, 2.24) is 5.06 Å². The van der Waals surface area contributed by atoms with Crippen molar-refractivity contribution in [2.45, 2.75) is 13.1 Å². The molecule has 1 aromatic heterocycles. The monoisotopic (exact) mass is 260 g/mol. The molecule has 1 amide bonds. The molecule has 0 radical (unpaired) electrons. The number of aryl methyl sites for hydroxylation is 1. The number of hydrogen-bond acceptors (Lipinski definition) is 4. The van der Waals surface area contributed by atoms with Crippen LogP contribution < -0.4 is 5.32 Å². The van der Waals surface area contributed by atoms with Gasteiger partial charge < -0.3 is 5.32 Å². The number of nitrogens with one attached hydrogen (secondary N) is 1. The molecule has 0 spiro atoms. The van der Waals surface area contributed by atoms with E-state index in [0.29, 0.717) is 5.56 Å². The Morgan fingerprint density at radius 1 is 1.33 bits per heavy atom. The van der Waals surface area contributed by atoms with E-state index in [1.807, 2.05) is 30.5 Å². The average molecular weight is 260 g/mol. The largest absolute Gasteiger partial charge is 0.358 e. The predicted molar refractivity (Wildman–Crippen MR) is 69.8 cm³/mol. The van der Waals surface area contributed by atoms with E-state index >= 15 is 0 Å². The molecule has 1 atom stereocenters. The summed E-state index contributed by atoms with van der Waals surface area (Å²) in [7, 11) is 0. The first-order chi connectivity index (χ1) is 8.68. The number of anilines is 1. The van der Waals surface area contributed by atoms with Gasteiger partial charge >= 0.3 is 0 Å². The molecule has 0 saturated carbocycles. The number of carbonyl (C=O) groups is 1. The van der Waals surface area contributed by atoms with E-state index in [0.717, 1.165) is 21.2 Å². The summed E-state index contributed by atoms with van der Waals surface area (Å²) in [5.74, 6) is -0.373. The Bertz CT molecular complexity index is 609. The standard InChI is InChI=1S/C13H12N2O2S/c1-8-6-7-18-11(8)12-14-10-5-3-2-4-9(10)13(16)15(12)17/h2-7,12,14,17H,1H3/t12-/m1/s1. The number of hydrogen-bond donors (Lipinski definition) is 2. The van der Waals surface area contributed by atoms with Gasteiger partial charge in [-0.05, 0) is 36.1 Å². The van der Waals surface area contributed by atoms with Gasteiger partial charge in [0.05, 0.1) is 10.4 Å². The first-order valence-electron chi connectivity index (χ1n) is 5.60. The molecular weight excluding hydrogens is 248 g/mol. The number of para-hydroxylation sites is 1. The maximum Gasteiger partial charge on any atom is 0.281 e. The Morgan fingerprint density at radius 2 is 2.11 bits per heavy atom. The van der Waals surface area contributed by atoms with Crippen LogP contribution >= 0.6 is 11.3 Å². The number of rotatable bonds is 1. The summed E-state index contributed by atoms with van der Waals surface area (Å²) in [5.41, 5.74) is 2.31. The number of carbonyl (C=O) groups excluding carboxylic acids is 1. The maximum absolute atomic E-state index is 12.1. The molecule has 5 heteroatoms. The molecular formula is C13H12N2O2S. The van der Waals surface area contributed by atoms with E-state index < -0.39 is 6.17 Å². The zero-order valence-electron chi connectivity index (χ0n) is 9.75. The molecule has 1 aromatic carbocycles. The lowest BCUT2D eigenvalue weighted by atomic mass is 10.1. The van der Waals surface area contributed by atoms with Crippen LogP contribution in [0.25, 0.3) is 0 Å². The molecule has 2 heterocycles. The lowest BCUT2D eigenvalue weighted by molar-refractivity contribution is -0.0844. The van der Waals surface area contributed by atoms with Crippen LogP contribution in [-0.2, 0) is 0 Å². The minimum absolute atomic E-state index is 0.373. The van der Waals surface area contributed by atoms with Crippen molar-refractivity contribution in [3.05, 3.63) is 51.7 Å². The highest BCUT2D eigenvalue weighted by Gasteiger charge is 2.33. The summed E-state index contributed by atoms with van der Waals surface area (Å²) < 4.78 is 0. The number of nitrogens with zero attached hydrogens (tertiary/aromatic N) is 1. The van der Waals surface area contributed by atoms with Gasteiger partial charge in [-0.3, -0.25) is 10.0 Å². The molecule has 1 aliphatic rings. The first-order valence-corrected chi connectivity index (χ1v) is 6.48. The minimum Gasteiger partial charge on any atom is -0.358 e. The van der Waals surface area contributed by atoms with Gasteiger partial charge in [0, 0.05) is 5.69 Å². The molecule has 0 fully saturated rings. The average Bonchev–Trinajstić information content (AvgIpc) is 2.80. The van der Waals surface area contributed by atoms with Gasteiger partial charge in [0.25, 0.3) is 5.91 Å². The zero-order valence-corrected chi connectivity index (χ0v) is 10.6. The van der Waals surface area contributed by atoms with Crippen LogP contribution in [-0.4, -0.2) is 16.2 Å². The van der Waals surface area contributed by atoms with Crippen LogP contribution in [0.15, 0.2) is 35.7 Å². The van der Waals surface area contributed by atoms with Gasteiger partial charge in [-0.2, -0.15) is 5.06 Å². The lowest BCUT2D eigenvalue weighted by Gasteiger charge is -2.33. The van der Waals surface area contributed by atoms with Crippen molar-refractivity contribution in [1.29, 1.82) is 0 Å². The second-order valence-electron chi connectivity index (χ2n) is 4.21. The summed E-state index contributed by atoms with van der Waals surface area (Å²) in [6.07, 6.45) is -0.507. The highest BCUT2D eigenvalue weighted by atomic mass is 32.1. The summed E-state index contributed by atoms with van der Waals surface area (Å²) in [6, 6.07) is 9.16. The fourth-order valence-electron chi connectivity index (χ4n) is 2.09. The number of benzene rings is 1. The van der Waals surface area contributed by atoms with Gasteiger partial charge in [-0.15, -0.1) is 11.3 Å². The Kier molecular flexibility index (Phi) is 2.57. The molecule has 1 aliphatic heterocycles. The van der Waals surface area contributed by atoms with Crippen molar-refractivity contribution in [3.8, 4) is 0 Å². The van der Waals surface area contributed by atoms with Crippen molar-refractivity contribution < 1.29 is 10.0 Å². The van der Waals surface area contributed by atoms with Crippen LogP contribution in [0, 0.1) is 6.92 Å². The molecule has 92 valence electrons. The van der Waals surface area contributed by atoms with Gasteiger partial charge in [-0.1, -0.05) is 12.1 Å². The highest BCUT2D eigenvalue weighted by Crippen LogP contribution is 2.35. The molecule has 0 saturated heterocycles. The van der Waals surface area contributed by atoms with E-state index in [4.69, 9.17) is 0 Å². The Labute approximate surface area is 108 Å². The van der Waals surface area contributed by atoms with Crippen molar-refractivity contribution in [3.63, 3.8) is 0 Å². The van der Waals surface area contributed by atoms with Gasteiger partial charge in [0.15, 0.2) is 6.17 Å². The Hall–Kier alpha value is -1.85. The van der Waals surface area contributed by atoms with Crippen LogP contribution in [0.2, 0.25) is 0 Å². The summed E-state index contributed by atoms with van der Waals surface area (Å²) in [5, 5.41) is 15.9. The normalized spacial score (nSPS) is 18.4. The number of hydroxylamine groups is 2. The molecule has 0 aliphatic carbocycles. The number of fused-ring (bicyclic) bond motifs is 1. The third kappa shape index (κ3) is 1.60. The second-order valence-corrected chi connectivity index (χ2v) is 5.16. The van der Waals surface area contributed by atoms with Crippen LogP contribution in [0.4, 0.5) is 5.69 Å². The van der Waals surface area contributed by atoms with Crippen molar-refractivity contribution >= 4 is 22.9 Å². The number of amides is 1. The number of thiophene rings is 1. The molecule has 0 unspecified atom stereocenters. The molecule has 2 N–H and O–H groups in total. The van der Waals surface area contributed by atoms with Gasteiger partial charge in [0.1, 0.15) is 0 Å². The third-order valence-corrected chi connectivity index (χ3v) is 4.12. The minimum atomic E-state index is -0.507. The molecule has 2 aromatic rings. The van der Waals surface area contributed by atoms with Gasteiger partial charge in [-0.25, -0.2) is 0 Å². The van der Waals surface area contributed by atoms with E-state index in [1.165, 1.54) is 11.3 Å². The quantitative estimate of drug-likeness (QED) is 0.775. The van der Waals surface area contributed by atoms with Crippen LogP contribution in [0.5, 0.6) is 0 Å². The first kappa shape index (κ1) is 11.3. The fraction of sp³-hybridized carbons (Fsp3) is 0.154. The maximum atomic E-state index is 12.1. The van der Waals surface area contributed by atoms with E-state index in [2.05, 4.69) is 5.32 Å². The fourth-order valence-corrected chi connectivity index (χ4v) is 3.05. The van der Waals surface area contributed by atoms with E-state index in [-0.39, 0.29) is 5.91 Å². The van der Waals surface area contributed by atoms with Gasteiger partial charge in [0.2, 0.25) is 0 Å². The van der Waals surface area contributed by atoms with Crippen molar-refractivity contribution in [2.24, 2.45) is 0 Å². The second kappa shape index (κ2) is 4.12. The third-order valence-electron chi connectivity index (χ3n) is 3.05. The van der Waals surface area contributed by atoms with Crippen molar-refractivity contribution in [2.75, 3.05) is 5.32 Å². The molecule has 18 heavy (non-hydrogen) atoms. The topological polar surface area (TPSA) is 52.6 Å². The highest BCUT2D eigenvalue weighted by molar-refractivity contribution is 7.10. The molecule has 0 bridgehead atoms.